The second-order valence-electron chi connectivity index (χ2n) is 5.96. The average Bonchev–Trinajstić information content (AvgIpc) is 2.64. The van der Waals surface area contributed by atoms with Crippen LogP contribution in [-0.2, 0) is 9.59 Å². The van der Waals surface area contributed by atoms with Gasteiger partial charge in [-0.15, -0.1) is 0 Å². The predicted octanol–water partition coefficient (Wildman–Crippen LogP) is 3.01. The van der Waals surface area contributed by atoms with Gasteiger partial charge in [-0.25, -0.2) is 4.90 Å². The first-order chi connectivity index (χ1) is 9.50. The van der Waals surface area contributed by atoms with Crippen LogP contribution >= 0.6 is 0 Å². The molecule has 0 spiro atoms. The lowest BCUT2D eigenvalue weighted by molar-refractivity contribution is -0.122. The number of benzene rings is 1. The summed E-state index contributed by atoms with van der Waals surface area (Å²) in [6.45, 7) is 5.98. The van der Waals surface area contributed by atoms with E-state index in [2.05, 4.69) is 6.08 Å². The third kappa shape index (κ3) is 1.80. The minimum Gasteiger partial charge on any atom is -0.274 e. The molecular weight excluding hydrogens is 250 g/mol. The number of carbonyl (C=O) groups is 2. The summed E-state index contributed by atoms with van der Waals surface area (Å²) in [6.07, 6.45) is 4.77. The molecule has 1 aromatic carbocycles. The number of aryl methyl sites for hydroxylation is 2. The third-order valence-corrected chi connectivity index (χ3v) is 4.47. The van der Waals surface area contributed by atoms with Crippen molar-refractivity contribution in [1.29, 1.82) is 0 Å². The summed E-state index contributed by atoms with van der Waals surface area (Å²) >= 11 is 0. The van der Waals surface area contributed by atoms with Gasteiger partial charge in [-0.3, -0.25) is 9.59 Å². The first kappa shape index (κ1) is 13.1. The minimum absolute atomic E-state index is 0.0381. The van der Waals surface area contributed by atoms with Crippen LogP contribution < -0.4 is 4.90 Å². The lowest BCUT2D eigenvalue weighted by atomic mass is 9.78. The molecule has 0 bridgehead atoms. The van der Waals surface area contributed by atoms with Crippen molar-refractivity contribution in [3.63, 3.8) is 0 Å². The molecule has 3 atom stereocenters. The summed E-state index contributed by atoms with van der Waals surface area (Å²) in [4.78, 5) is 26.7. The van der Waals surface area contributed by atoms with E-state index < -0.39 is 0 Å². The van der Waals surface area contributed by atoms with Crippen molar-refractivity contribution < 1.29 is 9.59 Å². The number of nitrogens with zero attached hydrogens (tertiary/aromatic N) is 1. The summed E-state index contributed by atoms with van der Waals surface area (Å²) < 4.78 is 0. The van der Waals surface area contributed by atoms with Crippen molar-refractivity contribution in [2.75, 3.05) is 4.90 Å². The fourth-order valence-electron chi connectivity index (χ4n) is 3.44. The van der Waals surface area contributed by atoms with Crippen LogP contribution in [0.4, 0.5) is 5.69 Å². The molecule has 20 heavy (non-hydrogen) atoms. The van der Waals surface area contributed by atoms with Gasteiger partial charge in [-0.05, 0) is 37.8 Å². The van der Waals surface area contributed by atoms with E-state index in [1.54, 1.807) is 0 Å². The Balaban J connectivity index is 2.03. The van der Waals surface area contributed by atoms with E-state index in [4.69, 9.17) is 0 Å². The smallest absolute Gasteiger partial charge is 0.238 e. The molecule has 1 fully saturated rings. The SMILES string of the molecule is Cc1ccc(N2C(=O)[C@H]3[C@H](C)C=CC[C@H]3C2=O)c(C)c1. The van der Waals surface area contributed by atoms with Gasteiger partial charge in [0, 0.05) is 0 Å². The first-order valence-electron chi connectivity index (χ1n) is 7.12. The Hall–Kier alpha value is -1.90. The van der Waals surface area contributed by atoms with E-state index in [1.165, 1.54) is 4.90 Å². The number of amides is 2. The van der Waals surface area contributed by atoms with Crippen molar-refractivity contribution in [2.24, 2.45) is 17.8 Å². The zero-order valence-electron chi connectivity index (χ0n) is 12.1. The Bertz CT molecular complexity index is 617. The zero-order chi connectivity index (χ0) is 14.4. The van der Waals surface area contributed by atoms with Crippen molar-refractivity contribution in [2.45, 2.75) is 27.2 Å². The van der Waals surface area contributed by atoms with Crippen LogP contribution in [-0.4, -0.2) is 11.8 Å². The predicted molar refractivity (Wildman–Crippen MR) is 78.3 cm³/mol. The lowest BCUT2D eigenvalue weighted by Crippen LogP contribution is -2.32. The number of carbonyl (C=O) groups excluding carboxylic acids is 2. The van der Waals surface area contributed by atoms with Gasteiger partial charge in [-0.1, -0.05) is 36.8 Å². The standard InChI is InChI=1S/C17H19NO2/c1-10-7-8-14(12(3)9-10)18-16(19)13-6-4-5-11(2)15(13)17(18)20/h4-5,7-9,11,13,15H,6H2,1-3H3/t11-,13-,15+/m1/s1. The maximum absolute atomic E-state index is 12.7. The number of hydrogen-bond donors (Lipinski definition) is 0. The molecule has 0 saturated carbocycles. The van der Waals surface area contributed by atoms with E-state index in [0.717, 1.165) is 16.8 Å². The molecule has 1 saturated heterocycles. The van der Waals surface area contributed by atoms with Crippen molar-refractivity contribution in [3.05, 3.63) is 41.5 Å². The molecule has 0 aromatic heterocycles. The molecule has 0 N–H and O–H groups in total. The van der Waals surface area contributed by atoms with Gasteiger partial charge in [-0.2, -0.15) is 0 Å². The van der Waals surface area contributed by atoms with Gasteiger partial charge in [0.05, 0.1) is 17.5 Å². The highest BCUT2D eigenvalue weighted by Gasteiger charge is 2.50. The van der Waals surface area contributed by atoms with Crippen molar-refractivity contribution in [3.8, 4) is 0 Å². The van der Waals surface area contributed by atoms with E-state index in [0.29, 0.717) is 6.42 Å². The fourth-order valence-corrected chi connectivity index (χ4v) is 3.44. The third-order valence-electron chi connectivity index (χ3n) is 4.47. The second-order valence-corrected chi connectivity index (χ2v) is 5.96. The topological polar surface area (TPSA) is 37.4 Å². The molecule has 1 aromatic rings. The van der Waals surface area contributed by atoms with Crippen LogP contribution in [0.3, 0.4) is 0 Å². The summed E-state index contributed by atoms with van der Waals surface area (Å²) in [7, 11) is 0. The monoisotopic (exact) mass is 269 g/mol. The van der Waals surface area contributed by atoms with Gasteiger partial charge in [0.2, 0.25) is 11.8 Å². The van der Waals surface area contributed by atoms with Gasteiger partial charge in [0.1, 0.15) is 0 Å². The van der Waals surface area contributed by atoms with Gasteiger partial charge < -0.3 is 0 Å². The highest BCUT2D eigenvalue weighted by molar-refractivity contribution is 6.22. The molecule has 1 aliphatic heterocycles. The van der Waals surface area contributed by atoms with Crippen molar-refractivity contribution >= 4 is 17.5 Å². The van der Waals surface area contributed by atoms with Crippen LogP contribution in [0, 0.1) is 31.6 Å². The van der Waals surface area contributed by atoms with E-state index in [-0.39, 0.29) is 29.6 Å². The van der Waals surface area contributed by atoms with Gasteiger partial charge in [0.15, 0.2) is 0 Å². The second kappa shape index (κ2) is 4.58. The number of anilines is 1. The Morgan fingerprint density at radius 3 is 2.55 bits per heavy atom. The summed E-state index contributed by atoms with van der Waals surface area (Å²) in [5, 5.41) is 0. The number of fused-ring (bicyclic) bond motifs is 1. The highest BCUT2D eigenvalue weighted by atomic mass is 16.2. The summed E-state index contributed by atoms with van der Waals surface area (Å²) in [5.74, 6) is -0.302. The molecular formula is C17H19NO2. The van der Waals surface area contributed by atoms with E-state index in [9.17, 15) is 9.59 Å². The Kier molecular flexibility index (Phi) is 3.00. The first-order valence-corrected chi connectivity index (χ1v) is 7.12. The molecule has 104 valence electrons. The van der Waals surface area contributed by atoms with E-state index >= 15 is 0 Å². The summed E-state index contributed by atoms with van der Waals surface area (Å²) in [6, 6.07) is 5.85. The zero-order valence-corrected chi connectivity index (χ0v) is 12.1. The molecule has 1 aliphatic carbocycles. The quantitative estimate of drug-likeness (QED) is 0.580. The minimum atomic E-state index is -0.187. The molecule has 1 heterocycles. The molecule has 3 heteroatoms. The normalized spacial score (nSPS) is 28.9. The summed E-state index contributed by atoms with van der Waals surface area (Å²) in [5.41, 5.74) is 2.86. The molecule has 0 radical (unpaired) electrons. The van der Waals surface area contributed by atoms with E-state index in [1.807, 2.05) is 45.0 Å². The molecule has 3 rings (SSSR count). The van der Waals surface area contributed by atoms with Crippen LogP contribution in [0.1, 0.15) is 24.5 Å². The fraction of sp³-hybridized carbons (Fsp3) is 0.412. The number of imide groups is 1. The van der Waals surface area contributed by atoms with Crippen LogP contribution in [0.2, 0.25) is 0 Å². The Morgan fingerprint density at radius 1 is 1.15 bits per heavy atom. The van der Waals surface area contributed by atoms with Crippen LogP contribution in [0.25, 0.3) is 0 Å². The molecule has 0 unspecified atom stereocenters. The molecule has 2 aliphatic rings. The molecule has 2 amide bonds. The maximum Gasteiger partial charge on any atom is 0.238 e. The lowest BCUT2D eigenvalue weighted by Gasteiger charge is -2.22. The van der Waals surface area contributed by atoms with Crippen molar-refractivity contribution in [1.82, 2.24) is 0 Å². The van der Waals surface area contributed by atoms with Crippen LogP contribution in [0.15, 0.2) is 30.4 Å². The number of hydrogen-bond acceptors (Lipinski definition) is 2. The average molecular weight is 269 g/mol. The van der Waals surface area contributed by atoms with Gasteiger partial charge >= 0.3 is 0 Å². The van der Waals surface area contributed by atoms with Gasteiger partial charge in [0.25, 0.3) is 0 Å². The highest BCUT2D eigenvalue weighted by Crippen LogP contribution is 2.41. The number of rotatable bonds is 1. The number of allylic oxidation sites excluding steroid dienone is 2. The van der Waals surface area contributed by atoms with Crippen LogP contribution in [0.5, 0.6) is 0 Å². The largest absolute Gasteiger partial charge is 0.274 e. The Morgan fingerprint density at radius 2 is 1.90 bits per heavy atom. The maximum atomic E-state index is 12.7. The Labute approximate surface area is 119 Å². The molecule has 3 nitrogen and oxygen atoms in total.